The lowest BCUT2D eigenvalue weighted by Gasteiger charge is -2.39. The molecular formula is C19H35NO2. The molecule has 1 rings (SSSR count). The summed E-state index contributed by atoms with van der Waals surface area (Å²) in [4.78, 5) is 25.1. The van der Waals surface area contributed by atoms with E-state index in [9.17, 15) is 9.59 Å². The highest BCUT2D eigenvalue weighted by Crippen LogP contribution is 2.38. The number of imide groups is 1. The smallest absolute Gasteiger partial charge is 0.229 e. The van der Waals surface area contributed by atoms with Crippen molar-refractivity contribution < 1.29 is 9.59 Å². The Morgan fingerprint density at radius 2 is 1.64 bits per heavy atom. The lowest BCUT2D eigenvalue weighted by molar-refractivity contribution is -0.141. The molecule has 1 saturated carbocycles. The van der Waals surface area contributed by atoms with Crippen molar-refractivity contribution in [3.05, 3.63) is 0 Å². The van der Waals surface area contributed by atoms with E-state index in [1.54, 1.807) is 0 Å². The van der Waals surface area contributed by atoms with Gasteiger partial charge in [0.15, 0.2) is 0 Å². The minimum Gasteiger partial charge on any atom is -0.282 e. The van der Waals surface area contributed by atoms with Gasteiger partial charge in [0.1, 0.15) is 0 Å². The average Bonchev–Trinajstić information content (AvgIpc) is 2.47. The fraction of sp³-hybridized carbons (Fsp3) is 0.895. The van der Waals surface area contributed by atoms with Gasteiger partial charge in [0, 0.05) is 12.5 Å². The fourth-order valence-electron chi connectivity index (χ4n) is 3.58. The maximum absolute atomic E-state index is 12.3. The zero-order valence-electron chi connectivity index (χ0n) is 15.1. The van der Waals surface area contributed by atoms with E-state index in [4.69, 9.17) is 0 Å². The van der Waals surface area contributed by atoms with Gasteiger partial charge in [0.25, 0.3) is 0 Å². The molecule has 3 nitrogen and oxygen atoms in total. The molecule has 1 fully saturated rings. The van der Waals surface area contributed by atoms with Crippen molar-refractivity contribution in [2.75, 3.05) is 0 Å². The van der Waals surface area contributed by atoms with Crippen molar-refractivity contribution in [2.24, 2.45) is 11.3 Å². The summed E-state index contributed by atoms with van der Waals surface area (Å²) in [7, 11) is 0. The summed E-state index contributed by atoms with van der Waals surface area (Å²) in [5, 5.41) is 0. The monoisotopic (exact) mass is 309 g/mol. The molecule has 1 aliphatic carbocycles. The molecule has 0 unspecified atom stereocenters. The molecule has 0 aromatic rings. The van der Waals surface area contributed by atoms with Crippen LogP contribution in [0.2, 0.25) is 0 Å². The third-order valence-corrected chi connectivity index (χ3v) is 5.21. The SMILES string of the molecule is CCCCCCCC(=O)N(C=O)C1CCC(C(C)(C)C)CC1. The second kappa shape index (κ2) is 9.32. The fourth-order valence-corrected chi connectivity index (χ4v) is 3.58. The second-order valence-corrected chi connectivity index (χ2v) is 7.94. The summed E-state index contributed by atoms with van der Waals surface area (Å²) in [6.07, 6.45) is 11.2. The van der Waals surface area contributed by atoms with Crippen LogP contribution in [-0.4, -0.2) is 23.3 Å². The number of nitrogens with zero attached hydrogens (tertiary/aromatic N) is 1. The molecule has 0 saturated heterocycles. The summed E-state index contributed by atoms with van der Waals surface area (Å²) in [6, 6.07) is 0.138. The number of unbranched alkanes of at least 4 members (excludes halogenated alkanes) is 4. The number of carbonyl (C=O) groups is 2. The standard InChI is InChI=1S/C19H35NO2/c1-5-6-7-8-9-10-18(22)20(15-21)17-13-11-16(12-14-17)19(2,3)4/h15-17H,5-14H2,1-4H3. The topological polar surface area (TPSA) is 37.4 Å². The van der Waals surface area contributed by atoms with Gasteiger partial charge in [-0.15, -0.1) is 0 Å². The Hall–Kier alpha value is -0.860. The molecule has 0 radical (unpaired) electrons. The quantitative estimate of drug-likeness (QED) is 0.470. The van der Waals surface area contributed by atoms with Crippen LogP contribution in [-0.2, 0) is 9.59 Å². The molecule has 0 aliphatic heterocycles. The first-order chi connectivity index (χ1) is 10.4. The van der Waals surface area contributed by atoms with Gasteiger partial charge in [-0.1, -0.05) is 53.4 Å². The molecule has 0 heterocycles. The number of hydrogen-bond acceptors (Lipinski definition) is 2. The van der Waals surface area contributed by atoms with Crippen molar-refractivity contribution in [2.45, 2.75) is 97.9 Å². The molecule has 0 bridgehead atoms. The van der Waals surface area contributed by atoms with Crippen LogP contribution in [0.1, 0.15) is 91.9 Å². The van der Waals surface area contributed by atoms with Crippen LogP contribution >= 0.6 is 0 Å². The third-order valence-electron chi connectivity index (χ3n) is 5.21. The van der Waals surface area contributed by atoms with Crippen molar-refractivity contribution in [3.63, 3.8) is 0 Å². The molecular weight excluding hydrogens is 274 g/mol. The van der Waals surface area contributed by atoms with Crippen molar-refractivity contribution in [1.29, 1.82) is 0 Å². The van der Waals surface area contributed by atoms with Gasteiger partial charge in [0.05, 0.1) is 0 Å². The normalized spacial score (nSPS) is 22.4. The van der Waals surface area contributed by atoms with Crippen molar-refractivity contribution in [1.82, 2.24) is 4.90 Å². The van der Waals surface area contributed by atoms with E-state index in [2.05, 4.69) is 27.7 Å². The Bertz CT molecular complexity index is 338. The number of rotatable bonds is 8. The Morgan fingerprint density at radius 3 is 2.14 bits per heavy atom. The largest absolute Gasteiger partial charge is 0.282 e. The van der Waals surface area contributed by atoms with Gasteiger partial charge in [-0.2, -0.15) is 0 Å². The van der Waals surface area contributed by atoms with Crippen molar-refractivity contribution >= 4 is 12.3 Å². The molecule has 0 N–H and O–H groups in total. The van der Waals surface area contributed by atoms with Crippen LogP contribution in [0.25, 0.3) is 0 Å². The molecule has 0 atom stereocenters. The average molecular weight is 309 g/mol. The van der Waals surface area contributed by atoms with Crippen LogP contribution < -0.4 is 0 Å². The van der Waals surface area contributed by atoms with Crippen LogP contribution in [0.4, 0.5) is 0 Å². The highest BCUT2D eigenvalue weighted by atomic mass is 16.2. The molecule has 0 spiro atoms. The minimum atomic E-state index is 0.0331. The predicted octanol–water partition coefficient (Wildman–Crippen LogP) is 4.94. The van der Waals surface area contributed by atoms with E-state index in [1.807, 2.05) is 0 Å². The van der Waals surface area contributed by atoms with E-state index in [-0.39, 0.29) is 11.9 Å². The van der Waals surface area contributed by atoms with Gasteiger partial charge in [-0.3, -0.25) is 14.5 Å². The Morgan fingerprint density at radius 1 is 1.05 bits per heavy atom. The van der Waals surface area contributed by atoms with Crippen LogP contribution in [0.3, 0.4) is 0 Å². The lowest BCUT2D eigenvalue weighted by Crippen LogP contribution is -2.42. The highest BCUT2D eigenvalue weighted by Gasteiger charge is 2.33. The lowest BCUT2D eigenvalue weighted by atomic mass is 9.71. The summed E-state index contributed by atoms with van der Waals surface area (Å²) >= 11 is 0. The molecule has 22 heavy (non-hydrogen) atoms. The third kappa shape index (κ3) is 6.10. The van der Waals surface area contributed by atoms with Gasteiger partial charge < -0.3 is 0 Å². The Kier molecular flexibility index (Phi) is 8.13. The Balaban J connectivity index is 2.38. The zero-order valence-corrected chi connectivity index (χ0v) is 15.1. The van der Waals surface area contributed by atoms with Crippen LogP contribution in [0.5, 0.6) is 0 Å². The maximum Gasteiger partial charge on any atom is 0.229 e. The highest BCUT2D eigenvalue weighted by molar-refractivity contribution is 5.86. The van der Waals surface area contributed by atoms with E-state index < -0.39 is 0 Å². The molecule has 0 aromatic carbocycles. The maximum atomic E-state index is 12.3. The van der Waals surface area contributed by atoms with E-state index in [0.29, 0.717) is 17.8 Å². The molecule has 3 heteroatoms. The first-order valence-corrected chi connectivity index (χ1v) is 9.16. The van der Waals surface area contributed by atoms with Gasteiger partial charge in [-0.25, -0.2) is 0 Å². The second-order valence-electron chi connectivity index (χ2n) is 7.94. The van der Waals surface area contributed by atoms with Gasteiger partial charge in [0.2, 0.25) is 12.3 Å². The molecule has 0 aromatic heterocycles. The first kappa shape index (κ1) is 19.2. The van der Waals surface area contributed by atoms with Crippen molar-refractivity contribution in [3.8, 4) is 0 Å². The first-order valence-electron chi connectivity index (χ1n) is 9.16. The van der Waals surface area contributed by atoms with Crippen LogP contribution in [0.15, 0.2) is 0 Å². The molecule has 128 valence electrons. The number of carbonyl (C=O) groups excluding carboxylic acids is 2. The van der Waals surface area contributed by atoms with E-state index >= 15 is 0 Å². The van der Waals surface area contributed by atoms with E-state index in [0.717, 1.165) is 44.9 Å². The summed E-state index contributed by atoms with van der Waals surface area (Å²) < 4.78 is 0. The Labute approximate surface area is 136 Å². The molecule has 1 aliphatic rings. The van der Waals surface area contributed by atoms with Crippen LogP contribution in [0, 0.1) is 11.3 Å². The minimum absolute atomic E-state index is 0.0331. The predicted molar refractivity (Wildman–Crippen MR) is 91.5 cm³/mol. The number of amides is 2. The zero-order chi connectivity index (χ0) is 16.6. The van der Waals surface area contributed by atoms with Gasteiger partial charge >= 0.3 is 0 Å². The van der Waals surface area contributed by atoms with E-state index in [1.165, 1.54) is 24.2 Å². The summed E-state index contributed by atoms with van der Waals surface area (Å²) in [6.45, 7) is 9.05. The number of hydrogen-bond donors (Lipinski definition) is 0. The molecule has 2 amide bonds. The summed E-state index contributed by atoms with van der Waals surface area (Å²) in [5.41, 5.74) is 0.334. The summed E-state index contributed by atoms with van der Waals surface area (Å²) in [5.74, 6) is 0.743. The van der Waals surface area contributed by atoms with Gasteiger partial charge in [-0.05, 0) is 43.4 Å².